The Kier molecular flexibility index (Phi) is 5.04. The van der Waals surface area contributed by atoms with Crippen molar-refractivity contribution in [1.82, 2.24) is 4.57 Å². The van der Waals surface area contributed by atoms with E-state index in [-0.39, 0.29) is 24.8 Å². The van der Waals surface area contributed by atoms with Crippen LogP contribution in [0.5, 0.6) is 0 Å². The number of esters is 1. The standard InChI is InChI=1S/C22H18N2O3S/c1-27-21(26)14-24-18-8-4-5-9-19(18)28-22(24)23-20(25)13-15-10-11-16-6-2-3-7-17(16)12-15/h2-12H,13-14H2,1H3. The molecule has 1 heterocycles. The highest BCUT2D eigenvalue weighted by atomic mass is 32.1. The number of ether oxygens (including phenoxy) is 1. The minimum atomic E-state index is -0.382. The first-order valence-electron chi connectivity index (χ1n) is 8.84. The van der Waals surface area contributed by atoms with Crippen molar-refractivity contribution in [2.45, 2.75) is 13.0 Å². The van der Waals surface area contributed by atoms with Gasteiger partial charge in [0.2, 0.25) is 0 Å². The number of para-hydroxylation sites is 1. The first kappa shape index (κ1) is 18.1. The lowest BCUT2D eigenvalue weighted by molar-refractivity contribution is -0.141. The molecule has 0 N–H and O–H groups in total. The van der Waals surface area contributed by atoms with Crippen molar-refractivity contribution in [2.24, 2.45) is 4.99 Å². The van der Waals surface area contributed by atoms with Crippen molar-refractivity contribution in [1.29, 1.82) is 0 Å². The number of nitrogens with zero attached hydrogens (tertiary/aromatic N) is 2. The number of fused-ring (bicyclic) bond motifs is 2. The lowest BCUT2D eigenvalue weighted by Gasteiger charge is -2.04. The van der Waals surface area contributed by atoms with Crippen molar-refractivity contribution in [3.8, 4) is 0 Å². The zero-order chi connectivity index (χ0) is 19.5. The lowest BCUT2D eigenvalue weighted by Crippen LogP contribution is -2.22. The Bertz CT molecular complexity index is 1250. The number of amides is 1. The molecule has 0 aliphatic heterocycles. The van der Waals surface area contributed by atoms with E-state index in [1.54, 1.807) is 4.57 Å². The van der Waals surface area contributed by atoms with Gasteiger partial charge in [0.1, 0.15) is 6.54 Å². The molecule has 0 fully saturated rings. The van der Waals surface area contributed by atoms with Crippen LogP contribution in [-0.2, 0) is 27.3 Å². The van der Waals surface area contributed by atoms with Gasteiger partial charge in [-0.05, 0) is 28.5 Å². The average Bonchev–Trinajstić information content (AvgIpc) is 3.04. The second-order valence-electron chi connectivity index (χ2n) is 6.38. The summed E-state index contributed by atoms with van der Waals surface area (Å²) < 4.78 is 7.48. The second kappa shape index (κ2) is 7.78. The van der Waals surface area contributed by atoms with Crippen molar-refractivity contribution >= 4 is 44.2 Å². The molecule has 28 heavy (non-hydrogen) atoms. The van der Waals surface area contributed by atoms with Crippen molar-refractivity contribution in [2.75, 3.05) is 7.11 Å². The van der Waals surface area contributed by atoms with Gasteiger partial charge >= 0.3 is 5.97 Å². The summed E-state index contributed by atoms with van der Waals surface area (Å²) in [5.74, 6) is -0.632. The molecule has 0 saturated heterocycles. The van der Waals surface area contributed by atoms with Gasteiger partial charge in [-0.2, -0.15) is 4.99 Å². The quantitative estimate of drug-likeness (QED) is 0.499. The molecule has 0 radical (unpaired) electrons. The van der Waals surface area contributed by atoms with E-state index in [4.69, 9.17) is 4.74 Å². The van der Waals surface area contributed by atoms with Crippen LogP contribution in [0.25, 0.3) is 21.0 Å². The van der Waals surface area contributed by atoms with Gasteiger partial charge in [0, 0.05) is 0 Å². The average molecular weight is 390 g/mol. The van der Waals surface area contributed by atoms with Crippen molar-refractivity contribution in [3.63, 3.8) is 0 Å². The first-order chi connectivity index (χ1) is 13.6. The van der Waals surface area contributed by atoms with E-state index in [1.165, 1.54) is 18.4 Å². The van der Waals surface area contributed by atoms with E-state index in [0.29, 0.717) is 4.80 Å². The summed E-state index contributed by atoms with van der Waals surface area (Å²) in [6.45, 7) is 0.0165. The zero-order valence-electron chi connectivity index (χ0n) is 15.3. The Morgan fingerprint density at radius 1 is 1.00 bits per heavy atom. The van der Waals surface area contributed by atoms with E-state index < -0.39 is 0 Å². The molecular weight excluding hydrogens is 372 g/mol. The molecule has 0 saturated carbocycles. The van der Waals surface area contributed by atoms with Crippen molar-refractivity contribution in [3.05, 3.63) is 77.1 Å². The summed E-state index contributed by atoms with van der Waals surface area (Å²) in [5, 5.41) is 2.23. The number of thiazole rings is 1. The van der Waals surface area contributed by atoms with Crippen LogP contribution >= 0.6 is 11.3 Å². The molecule has 0 spiro atoms. The van der Waals surface area contributed by atoms with Gasteiger partial charge in [0.05, 0.1) is 23.7 Å². The Morgan fingerprint density at radius 2 is 1.75 bits per heavy atom. The van der Waals surface area contributed by atoms with Crippen LogP contribution in [0.4, 0.5) is 0 Å². The smallest absolute Gasteiger partial charge is 0.325 e. The molecule has 4 aromatic rings. The minimum Gasteiger partial charge on any atom is -0.468 e. The molecule has 140 valence electrons. The summed E-state index contributed by atoms with van der Waals surface area (Å²) in [6, 6.07) is 21.7. The van der Waals surface area contributed by atoms with E-state index in [1.807, 2.05) is 66.7 Å². The van der Waals surface area contributed by atoms with Crippen LogP contribution in [0.15, 0.2) is 71.7 Å². The van der Waals surface area contributed by atoms with Gasteiger partial charge in [0.25, 0.3) is 5.91 Å². The monoisotopic (exact) mass is 390 g/mol. The van der Waals surface area contributed by atoms with E-state index >= 15 is 0 Å². The van der Waals surface area contributed by atoms with Crippen LogP contribution in [0, 0.1) is 0 Å². The molecule has 0 bridgehead atoms. The first-order valence-corrected chi connectivity index (χ1v) is 9.66. The largest absolute Gasteiger partial charge is 0.468 e. The van der Waals surface area contributed by atoms with Crippen LogP contribution < -0.4 is 4.80 Å². The molecule has 1 amide bonds. The fourth-order valence-corrected chi connectivity index (χ4v) is 4.17. The maximum Gasteiger partial charge on any atom is 0.325 e. The topological polar surface area (TPSA) is 60.7 Å². The number of carbonyl (C=O) groups excluding carboxylic acids is 2. The molecule has 1 aromatic heterocycles. The number of hydrogen-bond donors (Lipinski definition) is 0. The number of carbonyl (C=O) groups is 2. The Hall–Kier alpha value is -3.25. The lowest BCUT2D eigenvalue weighted by atomic mass is 10.1. The maximum absolute atomic E-state index is 12.6. The molecule has 5 nitrogen and oxygen atoms in total. The molecule has 0 aliphatic carbocycles. The Balaban J connectivity index is 1.68. The molecule has 4 rings (SSSR count). The molecule has 6 heteroatoms. The Morgan fingerprint density at radius 3 is 2.57 bits per heavy atom. The molecular formula is C22H18N2O3S. The number of benzene rings is 3. The number of rotatable bonds is 4. The third kappa shape index (κ3) is 3.73. The number of aromatic nitrogens is 1. The second-order valence-corrected chi connectivity index (χ2v) is 7.39. The third-order valence-corrected chi connectivity index (χ3v) is 5.55. The fraction of sp³-hybridized carbons (Fsp3) is 0.136. The van der Waals surface area contributed by atoms with Gasteiger partial charge in [-0.3, -0.25) is 9.59 Å². The fourth-order valence-electron chi connectivity index (χ4n) is 3.12. The van der Waals surface area contributed by atoms with Crippen LogP contribution in [0.1, 0.15) is 5.56 Å². The van der Waals surface area contributed by atoms with Crippen molar-refractivity contribution < 1.29 is 14.3 Å². The van der Waals surface area contributed by atoms with Crippen LogP contribution in [0.2, 0.25) is 0 Å². The summed E-state index contributed by atoms with van der Waals surface area (Å²) >= 11 is 1.39. The predicted molar refractivity (Wildman–Crippen MR) is 110 cm³/mol. The normalized spacial score (nSPS) is 11.8. The maximum atomic E-state index is 12.6. The zero-order valence-corrected chi connectivity index (χ0v) is 16.1. The highest BCUT2D eigenvalue weighted by Gasteiger charge is 2.11. The number of methoxy groups -OCH3 is 1. The van der Waals surface area contributed by atoms with E-state index in [0.717, 1.165) is 26.6 Å². The minimum absolute atomic E-state index is 0.0165. The summed E-state index contributed by atoms with van der Waals surface area (Å²) in [6.07, 6.45) is 0.206. The van der Waals surface area contributed by atoms with Crippen LogP contribution in [-0.4, -0.2) is 23.6 Å². The van der Waals surface area contributed by atoms with E-state index in [2.05, 4.69) is 4.99 Å². The SMILES string of the molecule is COC(=O)Cn1c(=NC(=O)Cc2ccc3ccccc3c2)sc2ccccc21. The predicted octanol–water partition coefficient (Wildman–Crippen LogP) is 3.70. The van der Waals surface area contributed by atoms with Gasteiger partial charge in [-0.15, -0.1) is 0 Å². The van der Waals surface area contributed by atoms with Crippen LogP contribution in [0.3, 0.4) is 0 Å². The van der Waals surface area contributed by atoms with Gasteiger partial charge in [-0.25, -0.2) is 0 Å². The summed E-state index contributed by atoms with van der Waals surface area (Å²) in [7, 11) is 1.35. The Labute approximate surface area is 165 Å². The third-order valence-electron chi connectivity index (χ3n) is 4.49. The van der Waals surface area contributed by atoms with E-state index in [9.17, 15) is 9.59 Å². The summed E-state index contributed by atoms with van der Waals surface area (Å²) in [4.78, 5) is 29.2. The molecule has 0 unspecified atom stereocenters. The van der Waals surface area contributed by atoms with Gasteiger partial charge < -0.3 is 9.30 Å². The van der Waals surface area contributed by atoms with Gasteiger partial charge in [0.15, 0.2) is 4.80 Å². The highest BCUT2D eigenvalue weighted by Crippen LogP contribution is 2.18. The molecule has 0 aliphatic rings. The van der Waals surface area contributed by atoms with Gasteiger partial charge in [-0.1, -0.05) is 65.9 Å². The highest BCUT2D eigenvalue weighted by molar-refractivity contribution is 7.16. The summed E-state index contributed by atoms with van der Waals surface area (Å²) in [5.41, 5.74) is 1.77. The molecule has 3 aromatic carbocycles. The number of hydrogen-bond acceptors (Lipinski definition) is 4. The molecule has 0 atom stereocenters.